The lowest BCUT2D eigenvalue weighted by molar-refractivity contribution is 0.411. The van der Waals surface area contributed by atoms with Crippen LogP contribution in [0.25, 0.3) is 56.0 Å². The van der Waals surface area contributed by atoms with E-state index in [-0.39, 0.29) is 0 Å². The Labute approximate surface area is 198 Å². The molecule has 0 aliphatic heterocycles. The highest BCUT2D eigenvalue weighted by atomic mass is 19.1. The largest absolute Gasteiger partial charge is 0.497 e. The van der Waals surface area contributed by atoms with Crippen molar-refractivity contribution in [2.75, 3.05) is 14.2 Å². The number of benzene rings is 1. The van der Waals surface area contributed by atoms with Crippen molar-refractivity contribution in [2.45, 2.75) is 0 Å². The van der Waals surface area contributed by atoms with Crippen LogP contribution in [0.4, 0.5) is 4.39 Å². The molecular formula is C25H18FN7O2. The maximum atomic E-state index is 14.2. The van der Waals surface area contributed by atoms with E-state index in [2.05, 4.69) is 30.1 Å². The molecule has 1 aromatic carbocycles. The molecule has 2 N–H and O–H groups in total. The lowest BCUT2D eigenvalue weighted by Crippen LogP contribution is -1.90. The minimum absolute atomic E-state index is 0.401. The smallest absolute Gasteiger partial charge is 0.159 e. The van der Waals surface area contributed by atoms with Gasteiger partial charge in [0.05, 0.1) is 37.0 Å². The summed E-state index contributed by atoms with van der Waals surface area (Å²) < 4.78 is 24.7. The maximum Gasteiger partial charge on any atom is 0.159 e. The SMILES string of the molecule is COc1cncc(-c2cnc3[nH]nc(-c4nc5c(-c6cc(F)cc(OC)c6)nccc5[nH]4)c3c2)c1. The van der Waals surface area contributed by atoms with Crippen LogP contribution >= 0.6 is 0 Å². The van der Waals surface area contributed by atoms with Gasteiger partial charge in [0.25, 0.3) is 0 Å². The first-order valence-corrected chi connectivity index (χ1v) is 10.7. The molecule has 5 heterocycles. The van der Waals surface area contributed by atoms with Crippen LogP contribution in [0.3, 0.4) is 0 Å². The van der Waals surface area contributed by atoms with E-state index < -0.39 is 5.82 Å². The van der Waals surface area contributed by atoms with Crippen molar-refractivity contribution in [2.24, 2.45) is 0 Å². The molecular weight excluding hydrogens is 449 g/mol. The number of fused-ring (bicyclic) bond motifs is 2. The zero-order valence-corrected chi connectivity index (χ0v) is 18.7. The summed E-state index contributed by atoms with van der Waals surface area (Å²) >= 11 is 0. The van der Waals surface area contributed by atoms with Gasteiger partial charge in [0.1, 0.15) is 28.5 Å². The fourth-order valence-electron chi connectivity index (χ4n) is 4.01. The third-order valence-electron chi connectivity index (χ3n) is 5.70. The monoisotopic (exact) mass is 467 g/mol. The van der Waals surface area contributed by atoms with Crippen molar-refractivity contribution in [3.8, 4) is 45.4 Å². The van der Waals surface area contributed by atoms with E-state index in [0.29, 0.717) is 45.4 Å². The van der Waals surface area contributed by atoms with Gasteiger partial charge in [-0.25, -0.2) is 14.4 Å². The summed E-state index contributed by atoms with van der Waals surface area (Å²) in [5.41, 5.74) is 5.37. The number of H-pyrrole nitrogens is 2. The molecule has 5 aromatic heterocycles. The van der Waals surface area contributed by atoms with E-state index in [1.54, 1.807) is 38.0 Å². The Hall–Kier alpha value is -4.86. The molecule has 0 atom stereocenters. The Morgan fingerprint density at radius 3 is 2.51 bits per heavy atom. The van der Waals surface area contributed by atoms with Crippen LogP contribution in [0.15, 0.2) is 61.2 Å². The second-order valence-corrected chi connectivity index (χ2v) is 7.83. The summed E-state index contributed by atoms with van der Waals surface area (Å²) in [4.78, 5) is 21.3. The number of nitrogens with zero attached hydrogens (tertiary/aromatic N) is 5. The zero-order chi connectivity index (χ0) is 23.9. The van der Waals surface area contributed by atoms with Gasteiger partial charge in [-0.2, -0.15) is 5.10 Å². The van der Waals surface area contributed by atoms with Gasteiger partial charge in [-0.05, 0) is 30.3 Å². The number of aromatic nitrogens is 7. The molecule has 0 saturated carbocycles. The quantitative estimate of drug-likeness (QED) is 0.375. The third-order valence-corrected chi connectivity index (χ3v) is 5.70. The summed E-state index contributed by atoms with van der Waals surface area (Å²) in [6.45, 7) is 0. The number of hydrogen-bond acceptors (Lipinski definition) is 7. The molecule has 172 valence electrons. The van der Waals surface area contributed by atoms with Crippen LogP contribution in [0.5, 0.6) is 11.5 Å². The predicted octanol–water partition coefficient (Wildman–Crippen LogP) is 4.78. The van der Waals surface area contributed by atoms with Crippen molar-refractivity contribution in [1.82, 2.24) is 35.1 Å². The molecule has 0 aliphatic rings. The van der Waals surface area contributed by atoms with Crippen LogP contribution in [0.2, 0.25) is 0 Å². The standard InChI is InChI=1S/C25H18FN7O2/c1-34-17-6-13(5-16(26)9-17)21-23-20(3-4-28-21)30-25(31-23)22-19-8-15(11-29-24(19)33-32-22)14-7-18(35-2)12-27-10-14/h3-12H,1-2H3,(H,30,31)(H,29,32,33). The number of ether oxygens (including phenoxy) is 2. The summed E-state index contributed by atoms with van der Waals surface area (Å²) in [7, 11) is 3.09. The molecule has 6 aromatic rings. The second-order valence-electron chi connectivity index (χ2n) is 7.83. The highest BCUT2D eigenvalue weighted by Gasteiger charge is 2.18. The highest BCUT2D eigenvalue weighted by Crippen LogP contribution is 2.33. The zero-order valence-electron chi connectivity index (χ0n) is 18.7. The number of imidazole rings is 1. The van der Waals surface area contributed by atoms with Gasteiger partial charge in [0.15, 0.2) is 11.5 Å². The Morgan fingerprint density at radius 1 is 0.829 bits per heavy atom. The van der Waals surface area contributed by atoms with E-state index in [4.69, 9.17) is 14.5 Å². The van der Waals surface area contributed by atoms with Crippen LogP contribution in [0, 0.1) is 5.82 Å². The molecule has 0 aliphatic carbocycles. The van der Waals surface area contributed by atoms with E-state index in [9.17, 15) is 4.39 Å². The molecule has 0 saturated heterocycles. The van der Waals surface area contributed by atoms with Crippen molar-refractivity contribution in [3.63, 3.8) is 0 Å². The molecule has 0 amide bonds. The summed E-state index contributed by atoms with van der Waals surface area (Å²) in [6, 6.07) is 10.1. The molecule has 0 fully saturated rings. The number of hydrogen-bond donors (Lipinski definition) is 2. The first-order chi connectivity index (χ1) is 17.1. The minimum atomic E-state index is -0.419. The van der Waals surface area contributed by atoms with E-state index in [1.807, 2.05) is 18.2 Å². The van der Waals surface area contributed by atoms with Crippen molar-refractivity contribution >= 4 is 22.1 Å². The molecule has 6 rings (SSSR count). The molecule has 0 unspecified atom stereocenters. The van der Waals surface area contributed by atoms with Crippen molar-refractivity contribution < 1.29 is 13.9 Å². The fourth-order valence-corrected chi connectivity index (χ4v) is 4.01. The average molecular weight is 467 g/mol. The number of pyridine rings is 3. The van der Waals surface area contributed by atoms with Gasteiger partial charge in [-0.15, -0.1) is 0 Å². The number of halogens is 1. The normalized spacial score (nSPS) is 11.3. The Morgan fingerprint density at radius 2 is 1.66 bits per heavy atom. The van der Waals surface area contributed by atoms with Crippen molar-refractivity contribution in [1.29, 1.82) is 0 Å². The van der Waals surface area contributed by atoms with E-state index in [1.165, 1.54) is 19.2 Å². The van der Waals surface area contributed by atoms with Gasteiger partial charge in [0, 0.05) is 41.3 Å². The first-order valence-electron chi connectivity index (χ1n) is 10.7. The molecule has 0 radical (unpaired) electrons. The van der Waals surface area contributed by atoms with Crippen LogP contribution < -0.4 is 9.47 Å². The minimum Gasteiger partial charge on any atom is -0.497 e. The Kier molecular flexibility index (Phi) is 4.84. The maximum absolute atomic E-state index is 14.2. The van der Waals surface area contributed by atoms with Crippen LogP contribution in [-0.2, 0) is 0 Å². The van der Waals surface area contributed by atoms with E-state index >= 15 is 0 Å². The number of methoxy groups -OCH3 is 2. The van der Waals surface area contributed by atoms with Gasteiger partial charge in [0.2, 0.25) is 0 Å². The Balaban J connectivity index is 1.48. The lowest BCUT2D eigenvalue weighted by Gasteiger charge is -2.05. The number of nitrogens with one attached hydrogen (secondary N) is 2. The van der Waals surface area contributed by atoms with Gasteiger partial charge in [-0.3, -0.25) is 15.1 Å². The number of aromatic amines is 2. The van der Waals surface area contributed by atoms with E-state index in [0.717, 1.165) is 22.0 Å². The molecule has 0 bridgehead atoms. The van der Waals surface area contributed by atoms with Gasteiger partial charge in [-0.1, -0.05) is 0 Å². The molecule has 10 heteroatoms. The molecule has 35 heavy (non-hydrogen) atoms. The van der Waals surface area contributed by atoms with Gasteiger partial charge < -0.3 is 14.5 Å². The first kappa shape index (κ1) is 20.7. The van der Waals surface area contributed by atoms with Crippen molar-refractivity contribution in [3.05, 3.63) is 67.0 Å². The van der Waals surface area contributed by atoms with Gasteiger partial charge >= 0.3 is 0 Å². The van der Waals surface area contributed by atoms with Crippen LogP contribution in [0.1, 0.15) is 0 Å². The third kappa shape index (κ3) is 3.61. The predicted molar refractivity (Wildman–Crippen MR) is 129 cm³/mol. The average Bonchev–Trinajstić information content (AvgIpc) is 3.51. The Bertz CT molecular complexity index is 1710. The molecule has 0 spiro atoms. The summed E-state index contributed by atoms with van der Waals surface area (Å²) in [6.07, 6.45) is 6.79. The number of rotatable bonds is 5. The lowest BCUT2D eigenvalue weighted by atomic mass is 10.1. The fraction of sp³-hybridized carbons (Fsp3) is 0.0800. The topological polar surface area (TPSA) is 114 Å². The summed E-state index contributed by atoms with van der Waals surface area (Å²) in [5.74, 6) is 1.17. The molecule has 9 nitrogen and oxygen atoms in total. The highest BCUT2D eigenvalue weighted by molar-refractivity contribution is 5.96. The summed E-state index contributed by atoms with van der Waals surface area (Å²) in [5, 5.41) is 8.19. The second kappa shape index (κ2) is 8.17. The van der Waals surface area contributed by atoms with Crippen LogP contribution in [-0.4, -0.2) is 49.3 Å².